The molecule has 3 nitrogen and oxygen atoms in total. The van der Waals surface area contributed by atoms with Gasteiger partial charge in [-0.25, -0.2) is 0 Å². The van der Waals surface area contributed by atoms with Gasteiger partial charge in [0.05, 0.1) is 6.10 Å². The molecule has 0 aromatic carbocycles. The Labute approximate surface area is 78.9 Å². The van der Waals surface area contributed by atoms with Crippen molar-refractivity contribution in [1.29, 1.82) is 0 Å². The molecule has 0 aliphatic carbocycles. The van der Waals surface area contributed by atoms with E-state index in [2.05, 4.69) is 4.98 Å². The number of aryl methyl sites for hydroxylation is 1. The van der Waals surface area contributed by atoms with E-state index in [1.54, 1.807) is 13.3 Å². The maximum atomic E-state index is 5.77. The third-order valence-electron chi connectivity index (χ3n) is 2.16. The summed E-state index contributed by atoms with van der Waals surface area (Å²) in [5.41, 5.74) is 7.69. The molecule has 0 aliphatic rings. The molecule has 0 amide bonds. The summed E-state index contributed by atoms with van der Waals surface area (Å²) in [5.74, 6) is 0. The highest BCUT2D eigenvalue weighted by molar-refractivity contribution is 5.44. The lowest BCUT2D eigenvalue weighted by Gasteiger charge is -2.09. The Morgan fingerprint density at radius 2 is 2.38 bits per heavy atom. The monoisotopic (exact) mass is 180 g/mol. The van der Waals surface area contributed by atoms with Gasteiger partial charge in [0.15, 0.2) is 0 Å². The predicted molar refractivity (Wildman–Crippen MR) is 53.4 cm³/mol. The van der Waals surface area contributed by atoms with E-state index >= 15 is 0 Å². The summed E-state index contributed by atoms with van der Waals surface area (Å²) in [6.07, 6.45) is 5.71. The first-order valence-corrected chi connectivity index (χ1v) is 4.45. The Bertz CT molecular complexity index is 263. The average molecular weight is 180 g/mol. The van der Waals surface area contributed by atoms with Gasteiger partial charge in [0.2, 0.25) is 0 Å². The molecule has 0 saturated heterocycles. The van der Waals surface area contributed by atoms with E-state index in [0.717, 1.165) is 24.1 Å². The smallest absolute Gasteiger partial charge is 0.0546 e. The van der Waals surface area contributed by atoms with Crippen LogP contribution in [0.4, 0.5) is 5.69 Å². The molecule has 3 heteroatoms. The van der Waals surface area contributed by atoms with Gasteiger partial charge >= 0.3 is 0 Å². The zero-order chi connectivity index (χ0) is 9.68. The fraction of sp³-hybridized carbons (Fsp3) is 0.500. The van der Waals surface area contributed by atoms with Gasteiger partial charge in [-0.15, -0.1) is 0 Å². The normalized spacial score (nSPS) is 12.8. The van der Waals surface area contributed by atoms with E-state index in [1.165, 1.54) is 0 Å². The maximum Gasteiger partial charge on any atom is 0.0546 e. The number of pyridine rings is 1. The number of hydrogen-bond acceptors (Lipinski definition) is 3. The van der Waals surface area contributed by atoms with Gasteiger partial charge in [0, 0.05) is 25.2 Å². The fourth-order valence-corrected chi connectivity index (χ4v) is 1.12. The number of aromatic nitrogens is 1. The van der Waals surface area contributed by atoms with Gasteiger partial charge in [-0.3, -0.25) is 4.98 Å². The summed E-state index contributed by atoms with van der Waals surface area (Å²) < 4.78 is 5.15. The molecule has 0 radical (unpaired) electrons. The van der Waals surface area contributed by atoms with E-state index in [1.807, 2.05) is 19.2 Å². The Balaban J connectivity index is 2.50. The summed E-state index contributed by atoms with van der Waals surface area (Å²) in [7, 11) is 1.72. The molecule has 1 aromatic heterocycles. The Kier molecular flexibility index (Phi) is 3.71. The van der Waals surface area contributed by atoms with Gasteiger partial charge in [0.25, 0.3) is 0 Å². The van der Waals surface area contributed by atoms with Gasteiger partial charge in [0.1, 0.15) is 0 Å². The number of anilines is 1. The average Bonchev–Trinajstić information content (AvgIpc) is 2.16. The molecule has 72 valence electrons. The molecule has 13 heavy (non-hydrogen) atoms. The van der Waals surface area contributed by atoms with Gasteiger partial charge in [-0.1, -0.05) is 0 Å². The van der Waals surface area contributed by atoms with Gasteiger partial charge < -0.3 is 10.5 Å². The van der Waals surface area contributed by atoms with Crippen LogP contribution in [-0.4, -0.2) is 18.2 Å². The topological polar surface area (TPSA) is 48.1 Å². The zero-order valence-corrected chi connectivity index (χ0v) is 8.16. The Morgan fingerprint density at radius 1 is 1.62 bits per heavy atom. The molecule has 0 saturated carbocycles. The van der Waals surface area contributed by atoms with Crippen LogP contribution in [0.15, 0.2) is 18.5 Å². The number of nitrogens with zero attached hydrogens (tertiary/aromatic N) is 1. The lowest BCUT2D eigenvalue weighted by molar-refractivity contribution is 0.111. The quantitative estimate of drug-likeness (QED) is 0.766. The highest BCUT2D eigenvalue weighted by Gasteiger charge is 2.02. The highest BCUT2D eigenvalue weighted by atomic mass is 16.5. The first-order chi connectivity index (χ1) is 6.24. The second-order valence-corrected chi connectivity index (χ2v) is 3.16. The van der Waals surface area contributed by atoms with Crippen LogP contribution in [0.3, 0.4) is 0 Å². The number of hydrogen-bond donors (Lipinski definition) is 1. The van der Waals surface area contributed by atoms with Crippen LogP contribution in [-0.2, 0) is 11.2 Å². The van der Waals surface area contributed by atoms with Crippen molar-refractivity contribution < 1.29 is 4.74 Å². The van der Waals surface area contributed by atoms with E-state index < -0.39 is 0 Å². The van der Waals surface area contributed by atoms with E-state index in [9.17, 15) is 0 Å². The van der Waals surface area contributed by atoms with Crippen LogP contribution < -0.4 is 5.73 Å². The van der Waals surface area contributed by atoms with Crippen LogP contribution in [0.1, 0.15) is 18.9 Å². The lowest BCUT2D eigenvalue weighted by Crippen LogP contribution is -2.07. The van der Waals surface area contributed by atoms with Crippen LogP contribution in [0.25, 0.3) is 0 Å². The van der Waals surface area contributed by atoms with Crippen molar-refractivity contribution in [2.75, 3.05) is 12.8 Å². The minimum absolute atomic E-state index is 0.277. The third-order valence-corrected chi connectivity index (χ3v) is 2.16. The molecule has 0 fully saturated rings. The second-order valence-electron chi connectivity index (χ2n) is 3.16. The molecule has 1 heterocycles. The van der Waals surface area contributed by atoms with Crippen LogP contribution >= 0.6 is 0 Å². The summed E-state index contributed by atoms with van der Waals surface area (Å²) in [5, 5.41) is 0. The van der Waals surface area contributed by atoms with Gasteiger partial charge in [-0.2, -0.15) is 0 Å². The van der Waals surface area contributed by atoms with Crippen molar-refractivity contribution >= 4 is 5.69 Å². The Morgan fingerprint density at radius 3 is 3.00 bits per heavy atom. The third kappa shape index (κ3) is 3.03. The van der Waals surface area contributed by atoms with Crippen molar-refractivity contribution in [3.63, 3.8) is 0 Å². The first kappa shape index (κ1) is 9.99. The number of nitrogen functional groups attached to an aromatic ring is 1. The summed E-state index contributed by atoms with van der Waals surface area (Å²) in [4.78, 5) is 4.03. The number of nitrogens with two attached hydrogens (primary N) is 1. The minimum atomic E-state index is 0.277. The predicted octanol–water partition coefficient (Wildman–Crippen LogP) is 1.63. The van der Waals surface area contributed by atoms with Crippen molar-refractivity contribution in [3.05, 3.63) is 24.0 Å². The van der Waals surface area contributed by atoms with Crippen molar-refractivity contribution in [2.24, 2.45) is 0 Å². The van der Waals surface area contributed by atoms with E-state index in [0.29, 0.717) is 0 Å². The van der Waals surface area contributed by atoms with Crippen LogP contribution in [0.5, 0.6) is 0 Å². The van der Waals surface area contributed by atoms with Gasteiger partial charge in [-0.05, 0) is 31.4 Å². The second kappa shape index (κ2) is 4.82. The largest absolute Gasteiger partial charge is 0.398 e. The molecular weight excluding hydrogens is 164 g/mol. The highest BCUT2D eigenvalue weighted by Crippen LogP contribution is 2.12. The summed E-state index contributed by atoms with van der Waals surface area (Å²) in [6.45, 7) is 2.05. The lowest BCUT2D eigenvalue weighted by atomic mass is 10.1. The zero-order valence-electron chi connectivity index (χ0n) is 8.16. The first-order valence-electron chi connectivity index (χ1n) is 4.45. The molecular formula is C10H16N2O. The molecule has 1 unspecified atom stereocenters. The summed E-state index contributed by atoms with van der Waals surface area (Å²) in [6, 6.07) is 1.83. The molecule has 2 N–H and O–H groups in total. The molecule has 0 spiro atoms. The summed E-state index contributed by atoms with van der Waals surface area (Å²) >= 11 is 0. The maximum absolute atomic E-state index is 5.77. The molecule has 0 aliphatic heterocycles. The molecule has 0 bridgehead atoms. The minimum Gasteiger partial charge on any atom is -0.398 e. The van der Waals surface area contributed by atoms with Crippen LogP contribution in [0.2, 0.25) is 0 Å². The van der Waals surface area contributed by atoms with Crippen molar-refractivity contribution in [2.45, 2.75) is 25.9 Å². The molecule has 1 rings (SSSR count). The van der Waals surface area contributed by atoms with Crippen LogP contribution in [0, 0.1) is 0 Å². The van der Waals surface area contributed by atoms with E-state index in [4.69, 9.17) is 10.5 Å². The molecule has 1 aromatic rings. The van der Waals surface area contributed by atoms with Crippen molar-refractivity contribution in [1.82, 2.24) is 4.98 Å². The number of ether oxygens (including phenoxy) is 1. The van der Waals surface area contributed by atoms with Crippen molar-refractivity contribution in [3.8, 4) is 0 Å². The fourth-order valence-electron chi connectivity index (χ4n) is 1.12. The SMILES string of the molecule is COC(C)CCc1cnccc1N. The number of rotatable bonds is 4. The Hall–Kier alpha value is -1.09. The standard InChI is InChI=1S/C10H16N2O/c1-8(13-2)3-4-9-7-12-6-5-10(9)11/h5-8H,3-4H2,1-2H3,(H2,11,12). The molecule has 1 atom stereocenters. The number of methoxy groups -OCH3 is 1. The van der Waals surface area contributed by atoms with E-state index in [-0.39, 0.29) is 6.10 Å².